The average molecular weight is 468 g/mol. The molecule has 0 saturated carbocycles. The zero-order chi connectivity index (χ0) is 24.5. The summed E-state index contributed by atoms with van der Waals surface area (Å²) >= 11 is 0. The molecule has 1 saturated heterocycles. The summed E-state index contributed by atoms with van der Waals surface area (Å²) in [4.78, 5) is 31.8. The van der Waals surface area contributed by atoms with Gasteiger partial charge >= 0.3 is 12.1 Å². The first kappa shape index (κ1) is 24.0. The Hall–Kier alpha value is -3.09. The van der Waals surface area contributed by atoms with Crippen molar-refractivity contribution in [3.63, 3.8) is 0 Å². The molecule has 3 amide bonds. The van der Waals surface area contributed by atoms with Crippen LogP contribution in [0.4, 0.5) is 14.0 Å². The predicted octanol–water partition coefficient (Wildman–Crippen LogP) is 5.22. The van der Waals surface area contributed by atoms with Crippen LogP contribution in [0.15, 0.2) is 48.5 Å². The first-order chi connectivity index (χ1) is 16.1. The van der Waals surface area contributed by atoms with Crippen LogP contribution in [0.25, 0.3) is 0 Å². The molecule has 2 aliphatic heterocycles. The molecular weight excluding hydrogens is 433 g/mol. The Morgan fingerprint density at radius 2 is 1.76 bits per heavy atom. The number of amides is 3. The second kappa shape index (κ2) is 9.65. The quantitative estimate of drug-likeness (QED) is 0.608. The molecule has 0 spiro atoms. The fourth-order valence-electron chi connectivity index (χ4n) is 4.90. The lowest BCUT2D eigenvalue weighted by Gasteiger charge is -2.43. The highest BCUT2D eigenvalue weighted by molar-refractivity contribution is 5.76. The van der Waals surface area contributed by atoms with Gasteiger partial charge in [-0.15, -0.1) is 0 Å². The summed E-state index contributed by atoms with van der Waals surface area (Å²) in [6.07, 6.45) is 2.07. The van der Waals surface area contributed by atoms with Gasteiger partial charge in [-0.25, -0.2) is 14.0 Å². The predicted molar refractivity (Wildman–Crippen MR) is 129 cm³/mol. The molecule has 2 aromatic carbocycles. The maximum Gasteiger partial charge on any atom is 0.410 e. The van der Waals surface area contributed by atoms with E-state index in [0.29, 0.717) is 19.6 Å². The summed E-state index contributed by atoms with van der Waals surface area (Å²) in [5.41, 5.74) is 2.60. The van der Waals surface area contributed by atoms with Gasteiger partial charge in [0.2, 0.25) is 0 Å². The van der Waals surface area contributed by atoms with Crippen LogP contribution in [-0.4, -0.2) is 65.1 Å². The number of hydrogen-bond donors (Lipinski definition) is 0. The Morgan fingerprint density at radius 3 is 2.47 bits per heavy atom. The van der Waals surface area contributed by atoms with Crippen LogP contribution in [0, 0.1) is 5.82 Å². The van der Waals surface area contributed by atoms with Crippen LogP contribution in [-0.2, 0) is 11.2 Å². The number of carbonyl (C=O) groups is 2. The lowest BCUT2D eigenvalue weighted by atomic mass is 9.88. The fraction of sp³-hybridized carbons (Fsp3) is 0.481. The number of likely N-dealkylation sites (tertiary alicyclic amines) is 1. The Morgan fingerprint density at radius 1 is 1.06 bits per heavy atom. The number of ether oxygens (including phenoxy) is 1. The molecule has 6 nitrogen and oxygen atoms in total. The van der Waals surface area contributed by atoms with Crippen LogP contribution in [0.2, 0.25) is 0 Å². The van der Waals surface area contributed by atoms with Crippen molar-refractivity contribution in [1.82, 2.24) is 14.7 Å². The Labute approximate surface area is 201 Å². The van der Waals surface area contributed by atoms with Crippen LogP contribution >= 0.6 is 0 Å². The van der Waals surface area contributed by atoms with Crippen LogP contribution in [0.5, 0.6) is 0 Å². The van der Waals surface area contributed by atoms with E-state index in [0.717, 1.165) is 30.4 Å². The van der Waals surface area contributed by atoms with E-state index >= 15 is 0 Å². The molecule has 1 fully saturated rings. The molecule has 34 heavy (non-hydrogen) atoms. The lowest BCUT2D eigenvalue weighted by Crippen LogP contribution is -2.55. The summed E-state index contributed by atoms with van der Waals surface area (Å²) in [7, 11) is 1.81. The van der Waals surface area contributed by atoms with E-state index < -0.39 is 5.60 Å². The summed E-state index contributed by atoms with van der Waals surface area (Å²) < 4.78 is 19.2. The van der Waals surface area contributed by atoms with E-state index in [2.05, 4.69) is 6.07 Å². The average Bonchev–Trinajstić information content (AvgIpc) is 2.82. The number of nitrogens with zero attached hydrogens (tertiary/aromatic N) is 3. The molecular formula is C27H34FN3O3. The second-order valence-electron chi connectivity index (χ2n) is 10.2. The highest BCUT2D eigenvalue weighted by Crippen LogP contribution is 2.36. The number of piperidine rings is 1. The van der Waals surface area contributed by atoms with Gasteiger partial charge in [0.1, 0.15) is 11.4 Å². The van der Waals surface area contributed by atoms with Crippen molar-refractivity contribution in [2.45, 2.75) is 57.7 Å². The monoisotopic (exact) mass is 467 g/mol. The minimum Gasteiger partial charge on any atom is -0.444 e. The van der Waals surface area contributed by atoms with E-state index in [4.69, 9.17) is 4.74 Å². The fourth-order valence-corrected chi connectivity index (χ4v) is 4.90. The number of likely N-dealkylation sites (N-methyl/N-ethyl adjacent to an activating group) is 1. The van der Waals surface area contributed by atoms with Gasteiger partial charge in [0.05, 0.1) is 12.1 Å². The largest absolute Gasteiger partial charge is 0.444 e. The van der Waals surface area contributed by atoms with E-state index in [9.17, 15) is 14.0 Å². The lowest BCUT2D eigenvalue weighted by molar-refractivity contribution is 0.0132. The third-order valence-corrected chi connectivity index (χ3v) is 6.61. The van der Waals surface area contributed by atoms with Crippen molar-refractivity contribution in [1.29, 1.82) is 0 Å². The second-order valence-corrected chi connectivity index (χ2v) is 10.2. The van der Waals surface area contributed by atoms with Gasteiger partial charge in [-0.05, 0) is 68.9 Å². The molecule has 182 valence electrons. The van der Waals surface area contributed by atoms with Crippen LogP contribution in [0.1, 0.15) is 56.3 Å². The van der Waals surface area contributed by atoms with Gasteiger partial charge in [-0.3, -0.25) is 0 Å². The highest BCUT2D eigenvalue weighted by Gasteiger charge is 2.37. The van der Waals surface area contributed by atoms with Crippen molar-refractivity contribution in [2.75, 3.05) is 26.7 Å². The van der Waals surface area contributed by atoms with Crippen molar-refractivity contribution in [2.24, 2.45) is 0 Å². The maximum atomic E-state index is 13.8. The molecule has 2 aromatic rings. The molecule has 0 radical (unpaired) electrons. The van der Waals surface area contributed by atoms with Crippen molar-refractivity contribution >= 4 is 12.1 Å². The Balaban J connectivity index is 1.56. The number of hydrogen-bond acceptors (Lipinski definition) is 3. The highest BCUT2D eigenvalue weighted by atomic mass is 19.1. The standard InChI is InChI=1S/C27H34FN3O3/c1-27(2,3)34-26(33)30-16-7-9-22(18-30)29(4)25(32)31-17-15-19-8-5-6-10-23(19)24(31)20-11-13-21(28)14-12-20/h5-6,8,10-14,22,24H,7,9,15-18H2,1-4H3/t22?,24-/m0/s1. The molecule has 0 bridgehead atoms. The van der Waals surface area contributed by atoms with E-state index in [-0.39, 0.29) is 30.0 Å². The molecule has 2 aliphatic rings. The minimum absolute atomic E-state index is 0.0835. The summed E-state index contributed by atoms with van der Waals surface area (Å²) in [6, 6.07) is 14.1. The van der Waals surface area contributed by atoms with Crippen LogP contribution in [0.3, 0.4) is 0 Å². The van der Waals surface area contributed by atoms with Crippen molar-refractivity contribution in [3.05, 3.63) is 71.0 Å². The number of benzene rings is 2. The smallest absolute Gasteiger partial charge is 0.410 e. The van der Waals surface area contributed by atoms with Gasteiger partial charge in [0.25, 0.3) is 0 Å². The molecule has 0 aromatic heterocycles. The van der Waals surface area contributed by atoms with E-state index in [1.807, 2.05) is 50.9 Å². The number of fused-ring (bicyclic) bond motifs is 1. The van der Waals surface area contributed by atoms with Crippen molar-refractivity contribution < 1.29 is 18.7 Å². The first-order valence-electron chi connectivity index (χ1n) is 12.0. The SMILES string of the molecule is CN(C(=O)N1CCc2ccccc2[C@@H]1c1ccc(F)cc1)C1CCCN(C(=O)OC(C)(C)C)C1. The number of urea groups is 1. The van der Waals surface area contributed by atoms with E-state index in [1.54, 1.807) is 21.9 Å². The molecule has 1 unspecified atom stereocenters. The van der Waals surface area contributed by atoms with Crippen LogP contribution < -0.4 is 0 Å². The third kappa shape index (κ3) is 5.18. The molecule has 7 heteroatoms. The summed E-state index contributed by atoms with van der Waals surface area (Å²) in [5, 5.41) is 0. The van der Waals surface area contributed by atoms with Crippen molar-refractivity contribution in [3.8, 4) is 0 Å². The van der Waals surface area contributed by atoms with Gasteiger partial charge in [0.15, 0.2) is 0 Å². The van der Waals surface area contributed by atoms with Gasteiger partial charge in [-0.2, -0.15) is 0 Å². The molecule has 2 atom stereocenters. The van der Waals surface area contributed by atoms with Gasteiger partial charge < -0.3 is 19.4 Å². The molecule has 0 N–H and O–H groups in total. The molecule has 0 aliphatic carbocycles. The minimum atomic E-state index is -0.560. The molecule has 4 rings (SSSR count). The zero-order valence-electron chi connectivity index (χ0n) is 20.5. The maximum absolute atomic E-state index is 13.8. The number of carbonyl (C=O) groups excluding carboxylic acids is 2. The Kier molecular flexibility index (Phi) is 6.82. The van der Waals surface area contributed by atoms with E-state index in [1.165, 1.54) is 17.7 Å². The summed E-state index contributed by atoms with van der Waals surface area (Å²) in [6.45, 7) is 7.21. The normalized spacial score (nSPS) is 20.5. The van der Waals surface area contributed by atoms with Gasteiger partial charge in [0, 0.05) is 26.7 Å². The summed E-state index contributed by atoms with van der Waals surface area (Å²) in [5.74, 6) is -0.299. The topological polar surface area (TPSA) is 53.1 Å². The Bertz CT molecular complexity index is 1030. The van der Waals surface area contributed by atoms with Gasteiger partial charge in [-0.1, -0.05) is 36.4 Å². The molecule has 2 heterocycles. The third-order valence-electron chi connectivity index (χ3n) is 6.61. The number of halogens is 1. The first-order valence-corrected chi connectivity index (χ1v) is 12.0. The zero-order valence-corrected chi connectivity index (χ0v) is 20.5. The number of rotatable bonds is 2.